The van der Waals surface area contributed by atoms with Crippen LogP contribution in [0.15, 0.2) is 24.3 Å². The second kappa shape index (κ2) is 4.61. The smallest absolute Gasteiger partial charge is 0.324 e. The Labute approximate surface area is 108 Å². The van der Waals surface area contributed by atoms with Gasteiger partial charge in [0.25, 0.3) is 0 Å². The van der Waals surface area contributed by atoms with E-state index in [1.165, 1.54) is 0 Å². The van der Waals surface area contributed by atoms with E-state index in [0.717, 1.165) is 24.3 Å². The molecule has 18 heavy (non-hydrogen) atoms. The Morgan fingerprint density at radius 3 is 2.28 bits per heavy atom. The minimum atomic E-state index is -0.246. The van der Waals surface area contributed by atoms with Gasteiger partial charge in [0.2, 0.25) is 0 Å². The third-order valence-electron chi connectivity index (χ3n) is 3.57. The Bertz CT molecular complexity index is 440. The van der Waals surface area contributed by atoms with E-state index >= 15 is 0 Å². The first-order chi connectivity index (χ1) is 8.45. The molecule has 0 spiro atoms. The summed E-state index contributed by atoms with van der Waals surface area (Å²) in [6, 6.07) is 7.91. The Balaban J connectivity index is 2.21. The Kier molecular flexibility index (Phi) is 3.30. The lowest BCUT2D eigenvalue weighted by Crippen LogP contribution is -2.29. The van der Waals surface area contributed by atoms with Crippen LogP contribution in [-0.4, -0.2) is 42.8 Å². The zero-order chi connectivity index (χ0) is 13.3. The van der Waals surface area contributed by atoms with E-state index in [0.29, 0.717) is 0 Å². The lowest BCUT2D eigenvalue weighted by Gasteiger charge is -2.23. The van der Waals surface area contributed by atoms with E-state index in [-0.39, 0.29) is 18.1 Å². The van der Waals surface area contributed by atoms with Crippen molar-refractivity contribution < 1.29 is 9.90 Å². The number of hydrogen-bond acceptors (Lipinski definition) is 2. The molecule has 1 N–H and O–H groups in total. The summed E-state index contributed by atoms with van der Waals surface area (Å²) in [6.07, 6.45) is 0. The molecule has 1 fully saturated rings. The van der Waals surface area contributed by atoms with Crippen LogP contribution in [0.5, 0.6) is 0 Å². The molecule has 1 saturated heterocycles. The zero-order valence-corrected chi connectivity index (χ0v) is 11.2. The quantitative estimate of drug-likeness (QED) is 0.887. The minimum Gasteiger partial charge on any atom is -0.395 e. The van der Waals surface area contributed by atoms with E-state index in [9.17, 15) is 9.90 Å². The summed E-state index contributed by atoms with van der Waals surface area (Å²) in [4.78, 5) is 15.3. The molecule has 1 aliphatic rings. The number of carbonyl (C=O) groups is 1. The molecule has 4 heteroatoms. The van der Waals surface area contributed by atoms with Crippen LogP contribution in [0.3, 0.4) is 0 Å². The molecule has 0 aromatic heterocycles. The number of urea groups is 1. The van der Waals surface area contributed by atoms with Gasteiger partial charge >= 0.3 is 6.03 Å². The number of amides is 2. The molecule has 0 bridgehead atoms. The number of aliphatic hydroxyl groups is 1. The highest BCUT2D eigenvalue weighted by Gasteiger charge is 2.27. The molecular weight excluding hydrogens is 228 g/mol. The molecule has 98 valence electrons. The van der Waals surface area contributed by atoms with Gasteiger partial charge in [-0.1, -0.05) is 26.0 Å². The first kappa shape index (κ1) is 12.9. The van der Waals surface area contributed by atoms with E-state index in [1.54, 1.807) is 9.80 Å². The van der Waals surface area contributed by atoms with Crippen LogP contribution in [0.25, 0.3) is 0 Å². The van der Waals surface area contributed by atoms with Crippen molar-refractivity contribution in [2.24, 2.45) is 0 Å². The van der Waals surface area contributed by atoms with Crippen LogP contribution in [0.2, 0.25) is 0 Å². The van der Waals surface area contributed by atoms with Crippen LogP contribution in [0, 0.1) is 0 Å². The van der Waals surface area contributed by atoms with Gasteiger partial charge in [-0.15, -0.1) is 0 Å². The van der Waals surface area contributed by atoms with Gasteiger partial charge in [0.05, 0.1) is 6.61 Å². The molecular formula is C14H20N2O2. The third kappa shape index (κ3) is 2.20. The summed E-state index contributed by atoms with van der Waals surface area (Å²) in [5, 5.41) is 9.33. The number of rotatable bonds is 3. The first-order valence-electron chi connectivity index (χ1n) is 6.20. The number of hydrogen-bond donors (Lipinski definition) is 1. The van der Waals surface area contributed by atoms with Gasteiger partial charge in [-0.25, -0.2) is 4.79 Å². The largest absolute Gasteiger partial charge is 0.395 e. The molecule has 0 saturated carbocycles. The molecule has 2 amide bonds. The van der Waals surface area contributed by atoms with Crippen molar-refractivity contribution >= 4 is 11.7 Å². The minimum absolute atomic E-state index is 0.0455. The Morgan fingerprint density at radius 2 is 1.83 bits per heavy atom. The van der Waals surface area contributed by atoms with Crippen molar-refractivity contribution in [1.82, 2.24) is 4.90 Å². The molecule has 0 atom stereocenters. The van der Waals surface area contributed by atoms with E-state index < -0.39 is 0 Å². The molecule has 2 rings (SSSR count). The van der Waals surface area contributed by atoms with Crippen LogP contribution >= 0.6 is 0 Å². The first-order valence-corrected chi connectivity index (χ1v) is 6.20. The second-order valence-corrected chi connectivity index (χ2v) is 5.44. The summed E-state index contributed by atoms with van der Waals surface area (Å²) < 4.78 is 0. The predicted molar refractivity (Wildman–Crippen MR) is 71.9 cm³/mol. The van der Waals surface area contributed by atoms with Gasteiger partial charge in [-0.2, -0.15) is 0 Å². The van der Waals surface area contributed by atoms with Crippen LogP contribution in [-0.2, 0) is 5.41 Å². The average Bonchev–Trinajstić information content (AvgIpc) is 2.70. The molecule has 1 aromatic rings. The number of benzene rings is 1. The van der Waals surface area contributed by atoms with Crippen molar-refractivity contribution in [1.29, 1.82) is 0 Å². The van der Waals surface area contributed by atoms with E-state index in [1.807, 2.05) is 45.2 Å². The van der Waals surface area contributed by atoms with E-state index in [4.69, 9.17) is 0 Å². The number of aliphatic hydroxyl groups excluding tert-OH is 1. The Morgan fingerprint density at radius 1 is 1.22 bits per heavy atom. The predicted octanol–water partition coefficient (Wildman–Crippen LogP) is 1.83. The lowest BCUT2D eigenvalue weighted by atomic mass is 9.85. The number of anilines is 1. The number of carbonyl (C=O) groups excluding carboxylic acids is 1. The van der Waals surface area contributed by atoms with Crippen molar-refractivity contribution in [3.05, 3.63) is 29.8 Å². The molecule has 4 nitrogen and oxygen atoms in total. The highest BCUT2D eigenvalue weighted by Crippen LogP contribution is 2.26. The van der Waals surface area contributed by atoms with Crippen LogP contribution < -0.4 is 4.90 Å². The van der Waals surface area contributed by atoms with Crippen LogP contribution in [0.4, 0.5) is 10.5 Å². The topological polar surface area (TPSA) is 43.8 Å². The highest BCUT2D eigenvalue weighted by atomic mass is 16.3. The van der Waals surface area contributed by atoms with Gasteiger partial charge in [0.1, 0.15) is 0 Å². The summed E-state index contributed by atoms with van der Waals surface area (Å²) in [5.41, 5.74) is 1.75. The lowest BCUT2D eigenvalue weighted by molar-refractivity contribution is 0.218. The number of nitrogens with zero attached hydrogens (tertiary/aromatic N) is 2. The molecule has 0 unspecified atom stereocenters. The summed E-state index contributed by atoms with van der Waals surface area (Å²) in [7, 11) is 1.81. The third-order valence-corrected chi connectivity index (χ3v) is 3.57. The fourth-order valence-electron chi connectivity index (χ4n) is 2.07. The van der Waals surface area contributed by atoms with Gasteiger partial charge in [0.15, 0.2) is 0 Å². The molecule has 1 aliphatic heterocycles. The number of likely N-dealkylation sites (N-methyl/N-ethyl adjacent to an activating group) is 1. The highest BCUT2D eigenvalue weighted by molar-refractivity contribution is 5.93. The summed E-state index contributed by atoms with van der Waals surface area (Å²) in [6.45, 7) is 5.60. The van der Waals surface area contributed by atoms with Crippen LogP contribution in [0.1, 0.15) is 19.4 Å². The molecule has 0 aliphatic carbocycles. The average molecular weight is 248 g/mol. The normalized spacial score (nSPS) is 16.6. The van der Waals surface area contributed by atoms with E-state index in [2.05, 4.69) is 0 Å². The molecule has 1 aromatic carbocycles. The van der Waals surface area contributed by atoms with Gasteiger partial charge in [0, 0.05) is 31.2 Å². The fraction of sp³-hybridized carbons (Fsp3) is 0.500. The zero-order valence-electron chi connectivity index (χ0n) is 11.2. The maximum absolute atomic E-state index is 11.9. The standard InChI is InChI=1S/C14H20N2O2/c1-14(2,10-17)11-4-6-12(7-5-11)16-9-8-15(3)13(16)18/h4-7,17H,8-10H2,1-3H3. The SMILES string of the molecule is CN1CCN(c2ccc(C(C)(C)CO)cc2)C1=O. The molecule has 1 heterocycles. The fourth-order valence-corrected chi connectivity index (χ4v) is 2.07. The van der Waals surface area contributed by atoms with Crippen molar-refractivity contribution in [2.45, 2.75) is 19.3 Å². The maximum Gasteiger partial charge on any atom is 0.324 e. The molecule has 0 radical (unpaired) electrons. The summed E-state index contributed by atoms with van der Waals surface area (Å²) in [5.74, 6) is 0. The van der Waals surface area contributed by atoms with Crippen molar-refractivity contribution in [2.75, 3.05) is 31.6 Å². The van der Waals surface area contributed by atoms with Gasteiger partial charge < -0.3 is 10.0 Å². The monoisotopic (exact) mass is 248 g/mol. The van der Waals surface area contributed by atoms with Crippen molar-refractivity contribution in [3.63, 3.8) is 0 Å². The second-order valence-electron chi connectivity index (χ2n) is 5.44. The summed E-state index contributed by atoms with van der Waals surface area (Å²) >= 11 is 0. The maximum atomic E-state index is 11.9. The van der Waals surface area contributed by atoms with Gasteiger partial charge in [-0.3, -0.25) is 4.90 Å². The Hall–Kier alpha value is -1.55. The van der Waals surface area contributed by atoms with Gasteiger partial charge in [-0.05, 0) is 17.7 Å². The van der Waals surface area contributed by atoms with Crippen molar-refractivity contribution in [3.8, 4) is 0 Å².